The van der Waals surface area contributed by atoms with Crippen LogP contribution in [0.2, 0.25) is 5.02 Å². The number of nitro benzene ring substituents is 1. The Balaban J connectivity index is 2.26. The van der Waals surface area contributed by atoms with Gasteiger partial charge in [-0.3, -0.25) is 15.1 Å². The number of methoxy groups -OCH3 is 1. The highest BCUT2D eigenvalue weighted by Gasteiger charge is 2.32. The highest BCUT2D eigenvalue weighted by molar-refractivity contribution is 7.92. The Labute approximate surface area is 159 Å². The molecule has 0 radical (unpaired) electrons. The molecule has 0 saturated heterocycles. The van der Waals surface area contributed by atoms with E-state index in [-0.39, 0.29) is 16.2 Å². The molecule has 11 heteroatoms. The van der Waals surface area contributed by atoms with Gasteiger partial charge in [0, 0.05) is 17.6 Å². The Morgan fingerprint density at radius 3 is 2.59 bits per heavy atom. The summed E-state index contributed by atoms with van der Waals surface area (Å²) in [5, 5.41) is 11.7. The fourth-order valence-electron chi connectivity index (χ4n) is 2.59. The van der Waals surface area contributed by atoms with E-state index in [1.165, 1.54) is 31.5 Å². The Morgan fingerprint density at radius 2 is 1.93 bits per heavy atom. The molecule has 0 aliphatic heterocycles. The molecule has 3 aromatic rings. The van der Waals surface area contributed by atoms with Gasteiger partial charge in [-0.2, -0.15) is 12.8 Å². The van der Waals surface area contributed by atoms with Gasteiger partial charge in [-0.15, -0.1) is 0 Å². The third kappa shape index (κ3) is 3.14. The second-order valence-electron chi connectivity index (χ2n) is 5.33. The topological polar surface area (TPSA) is 129 Å². The number of anilines is 1. The van der Waals surface area contributed by atoms with Crippen LogP contribution < -0.4 is 15.0 Å². The second-order valence-corrected chi connectivity index (χ2v) is 7.52. The molecule has 0 bridgehead atoms. The van der Waals surface area contributed by atoms with Crippen LogP contribution in [-0.4, -0.2) is 25.4 Å². The fourth-order valence-corrected chi connectivity index (χ4v) is 4.18. The van der Waals surface area contributed by atoms with Gasteiger partial charge in [0.1, 0.15) is 17.0 Å². The van der Waals surface area contributed by atoms with Crippen LogP contribution in [0.15, 0.2) is 53.6 Å². The fraction of sp³-hybridized carbons (Fsp3) is 0.0625. The number of benzene rings is 2. The van der Waals surface area contributed by atoms with Crippen LogP contribution in [0.4, 0.5) is 11.4 Å². The first-order chi connectivity index (χ1) is 12.8. The van der Waals surface area contributed by atoms with Crippen molar-refractivity contribution < 1.29 is 18.1 Å². The molecule has 0 aliphatic carbocycles. The van der Waals surface area contributed by atoms with E-state index in [9.17, 15) is 18.5 Å². The molecule has 0 saturated carbocycles. The van der Waals surface area contributed by atoms with E-state index in [0.717, 1.165) is 12.1 Å². The van der Waals surface area contributed by atoms with Crippen LogP contribution >= 0.6 is 11.6 Å². The predicted octanol–water partition coefficient (Wildman–Crippen LogP) is 2.87. The normalized spacial score (nSPS) is 11.4. The van der Waals surface area contributed by atoms with E-state index in [1.807, 2.05) is 0 Å². The number of pyridine rings is 1. The summed E-state index contributed by atoms with van der Waals surface area (Å²) < 4.78 is 31.6. The van der Waals surface area contributed by atoms with Crippen molar-refractivity contribution in [3.8, 4) is 5.75 Å². The molecule has 0 atom stereocenters. The highest BCUT2D eigenvalue weighted by Crippen LogP contribution is 2.38. The molecule has 140 valence electrons. The molecule has 3 rings (SSSR count). The number of para-hydroxylation sites is 1. The van der Waals surface area contributed by atoms with Gasteiger partial charge in [0.25, 0.3) is 15.7 Å². The van der Waals surface area contributed by atoms with Crippen molar-refractivity contribution in [2.45, 2.75) is 4.90 Å². The van der Waals surface area contributed by atoms with Gasteiger partial charge in [-0.1, -0.05) is 23.7 Å². The van der Waals surface area contributed by atoms with Crippen LogP contribution in [0.3, 0.4) is 0 Å². The molecule has 0 amide bonds. The average Bonchev–Trinajstić information content (AvgIpc) is 2.66. The first-order valence-corrected chi connectivity index (χ1v) is 9.25. The SMILES string of the molecule is COc1ccnc2c(N(N)S(=O)(=O)c3ccccc3[N+](=O)[O-])c(Cl)ccc12. The summed E-state index contributed by atoms with van der Waals surface area (Å²) in [6.45, 7) is 0. The molecular formula is C16H13ClN4O5S. The summed E-state index contributed by atoms with van der Waals surface area (Å²) in [5.41, 5.74) is -0.549. The minimum Gasteiger partial charge on any atom is -0.496 e. The Morgan fingerprint density at radius 1 is 1.22 bits per heavy atom. The van der Waals surface area contributed by atoms with Crippen molar-refractivity contribution >= 4 is 43.9 Å². The van der Waals surface area contributed by atoms with Crippen molar-refractivity contribution in [1.82, 2.24) is 4.98 Å². The number of fused-ring (bicyclic) bond motifs is 1. The van der Waals surface area contributed by atoms with Crippen molar-refractivity contribution in [1.29, 1.82) is 0 Å². The monoisotopic (exact) mass is 408 g/mol. The molecule has 2 aromatic carbocycles. The number of hydrogen-bond donors (Lipinski definition) is 1. The summed E-state index contributed by atoms with van der Waals surface area (Å²) in [7, 11) is -3.05. The zero-order valence-corrected chi connectivity index (χ0v) is 15.4. The number of nitrogens with zero attached hydrogens (tertiary/aromatic N) is 3. The zero-order chi connectivity index (χ0) is 19.8. The van der Waals surface area contributed by atoms with Crippen molar-refractivity contribution in [2.24, 2.45) is 5.84 Å². The largest absolute Gasteiger partial charge is 0.496 e. The maximum absolute atomic E-state index is 13.0. The number of hydrazine groups is 1. The summed E-state index contributed by atoms with van der Waals surface area (Å²) >= 11 is 6.19. The lowest BCUT2D eigenvalue weighted by atomic mass is 10.2. The molecule has 0 aliphatic rings. The Kier molecular flexibility index (Phi) is 4.87. The van der Waals surface area contributed by atoms with Gasteiger partial charge >= 0.3 is 0 Å². The first-order valence-electron chi connectivity index (χ1n) is 7.43. The molecule has 9 nitrogen and oxygen atoms in total. The molecule has 1 aromatic heterocycles. The number of hydrogen-bond acceptors (Lipinski definition) is 7. The predicted molar refractivity (Wildman–Crippen MR) is 100 cm³/mol. The minimum absolute atomic E-state index is 0.00733. The van der Waals surface area contributed by atoms with Crippen molar-refractivity contribution in [3.63, 3.8) is 0 Å². The standard InChI is InChI=1S/C16H13ClN4O5S/c1-26-13-8-9-19-15-10(13)6-7-11(17)16(15)20(18)27(24,25)14-5-3-2-4-12(14)21(22)23/h2-9H,18H2,1H3. The van der Waals surface area contributed by atoms with E-state index in [1.54, 1.807) is 12.1 Å². The van der Waals surface area contributed by atoms with Crippen LogP contribution in [0.1, 0.15) is 0 Å². The van der Waals surface area contributed by atoms with Gasteiger partial charge in [0.05, 0.1) is 17.1 Å². The van der Waals surface area contributed by atoms with Gasteiger partial charge in [-0.05, 0) is 24.3 Å². The molecule has 1 heterocycles. The zero-order valence-electron chi connectivity index (χ0n) is 13.9. The quantitative estimate of drug-likeness (QED) is 0.390. The summed E-state index contributed by atoms with van der Waals surface area (Å²) in [4.78, 5) is 14.0. The maximum atomic E-state index is 13.0. The third-order valence-electron chi connectivity index (χ3n) is 3.84. The smallest absolute Gasteiger partial charge is 0.289 e. The number of nitrogens with two attached hydrogens (primary N) is 1. The molecule has 0 unspecified atom stereocenters. The molecule has 27 heavy (non-hydrogen) atoms. The third-order valence-corrected chi connectivity index (χ3v) is 5.74. The number of halogens is 1. The van der Waals surface area contributed by atoms with Crippen molar-refractivity contribution in [2.75, 3.05) is 11.5 Å². The lowest BCUT2D eigenvalue weighted by Crippen LogP contribution is -2.38. The summed E-state index contributed by atoms with van der Waals surface area (Å²) in [6, 6.07) is 9.54. The minimum atomic E-state index is -4.50. The number of rotatable bonds is 5. The van der Waals surface area contributed by atoms with E-state index < -0.39 is 25.5 Å². The maximum Gasteiger partial charge on any atom is 0.289 e. The van der Waals surface area contributed by atoms with Crippen LogP contribution in [0, 0.1) is 10.1 Å². The van der Waals surface area contributed by atoms with Crippen LogP contribution in [0.5, 0.6) is 5.75 Å². The van der Waals surface area contributed by atoms with E-state index in [4.69, 9.17) is 22.2 Å². The molecular weight excluding hydrogens is 396 g/mol. The van der Waals surface area contributed by atoms with Crippen LogP contribution in [0.25, 0.3) is 10.9 Å². The van der Waals surface area contributed by atoms with Gasteiger partial charge in [-0.25, -0.2) is 5.84 Å². The average molecular weight is 409 g/mol. The van der Waals surface area contributed by atoms with E-state index in [0.29, 0.717) is 15.5 Å². The Hall–Kier alpha value is -2.95. The van der Waals surface area contributed by atoms with Gasteiger partial charge < -0.3 is 4.74 Å². The second kappa shape index (κ2) is 6.99. The van der Waals surface area contributed by atoms with E-state index in [2.05, 4.69) is 4.98 Å². The number of nitro groups is 1. The van der Waals surface area contributed by atoms with Gasteiger partial charge in [0.2, 0.25) is 0 Å². The first kappa shape index (κ1) is 18.8. The number of sulfonamides is 1. The molecule has 2 N–H and O–H groups in total. The number of aromatic nitrogens is 1. The summed E-state index contributed by atoms with van der Waals surface area (Å²) in [5.74, 6) is 6.33. The highest BCUT2D eigenvalue weighted by atomic mass is 35.5. The Bertz CT molecular complexity index is 1150. The van der Waals surface area contributed by atoms with Crippen LogP contribution in [-0.2, 0) is 10.0 Å². The van der Waals surface area contributed by atoms with Crippen molar-refractivity contribution in [3.05, 3.63) is 63.8 Å². The molecule has 0 spiro atoms. The van der Waals surface area contributed by atoms with E-state index >= 15 is 0 Å². The number of ether oxygens (including phenoxy) is 1. The molecule has 0 fully saturated rings. The van der Waals surface area contributed by atoms with Gasteiger partial charge in [0.15, 0.2) is 4.90 Å². The summed E-state index contributed by atoms with van der Waals surface area (Å²) in [6.07, 6.45) is 1.41. The lowest BCUT2D eigenvalue weighted by molar-refractivity contribution is -0.387. The lowest BCUT2D eigenvalue weighted by Gasteiger charge is -2.21.